The molecule has 0 spiro atoms. The molecule has 1 amide bonds. The molecule has 166 valence electrons. The van der Waals surface area contributed by atoms with Crippen molar-refractivity contribution in [2.24, 2.45) is 5.73 Å². The van der Waals surface area contributed by atoms with Gasteiger partial charge in [0.1, 0.15) is 12.2 Å². The lowest BCUT2D eigenvalue weighted by atomic mass is 10.0. The Morgan fingerprint density at radius 1 is 1.25 bits per heavy atom. The molecule has 12 heteroatoms. The second kappa shape index (κ2) is 8.13. The van der Waals surface area contributed by atoms with Gasteiger partial charge in [0.25, 0.3) is 0 Å². The number of amides is 1. The predicted octanol–water partition coefficient (Wildman–Crippen LogP) is 2.37. The number of aromatic carboxylic acids is 1. The Morgan fingerprint density at radius 2 is 1.97 bits per heavy atom. The Balaban J connectivity index is 1.84. The molecule has 0 fully saturated rings. The van der Waals surface area contributed by atoms with Crippen LogP contribution in [0.1, 0.15) is 33.7 Å². The molecule has 0 saturated heterocycles. The predicted molar refractivity (Wildman–Crippen MR) is 121 cm³/mol. The van der Waals surface area contributed by atoms with Crippen LogP contribution in [0.4, 0.5) is 17.2 Å². The molecule has 10 nitrogen and oxygen atoms in total. The number of benzene rings is 1. The molecule has 3 aromatic rings. The fraction of sp³-hybridized carbons (Fsp3) is 0.150. The molecule has 0 bridgehead atoms. The third kappa shape index (κ3) is 4.09. The van der Waals surface area contributed by atoms with Crippen molar-refractivity contribution in [2.45, 2.75) is 12.2 Å². The number of hydrogen-bond acceptors (Lipinski definition) is 8. The first-order valence-corrected chi connectivity index (χ1v) is 12.2. The number of nitrogens with zero attached hydrogens (tertiary/aromatic N) is 2. The van der Waals surface area contributed by atoms with Crippen molar-refractivity contribution in [1.29, 1.82) is 0 Å². The normalized spacial score (nSPS) is 16.2. The maximum Gasteiger partial charge on any atom is 0.338 e. The largest absolute Gasteiger partial charge is 0.478 e. The van der Waals surface area contributed by atoms with E-state index >= 15 is 0 Å². The number of rotatable bonds is 7. The van der Waals surface area contributed by atoms with Gasteiger partial charge in [0, 0.05) is 17.4 Å². The number of carbonyl (C=O) groups excluding carboxylic acids is 1. The smallest absolute Gasteiger partial charge is 0.338 e. The second-order valence-electron chi connectivity index (χ2n) is 7.17. The lowest BCUT2D eigenvalue weighted by Gasteiger charge is -2.33. The van der Waals surface area contributed by atoms with E-state index < -0.39 is 34.1 Å². The molecule has 0 aliphatic carbocycles. The van der Waals surface area contributed by atoms with Crippen molar-refractivity contribution in [1.82, 2.24) is 4.98 Å². The Bertz CT molecular complexity index is 1280. The Hall–Kier alpha value is -3.64. The molecule has 2 aromatic heterocycles. The molecular weight excluding hydrogens is 454 g/mol. The Morgan fingerprint density at radius 3 is 2.53 bits per heavy atom. The molecular formula is C20H19N5O5S2. The number of thiophene rings is 1. The summed E-state index contributed by atoms with van der Waals surface area (Å²) in [6.07, 6.45) is 1.83. The number of sulfonamides is 1. The van der Waals surface area contributed by atoms with Gasteiger partial charge in [-0.2, -0.15) is 11.3 Å². The van der Waals surface area contributed by atoms with E-state index in [4.69, 9.17) is 5.73 Å². The number of anilines is 3. The van der Waals surface area contributed by atoms with E-state index in [9.17, 15) is 23.1 Å². The average Bonchev–Trinajstić information content (AvgIpc) is 3.36. The molecule has 2 atom stereocenters. The Kier molecular flexibility index (Phi) is 5.48. The van der Waals surface area contributed by atoms with Crippen molar-refractivity contribution < 1.29 is 23.1 Å². The molecule has 1 aliphatic heterocycles. The van der Waals surface area contributed by atoms with Crippen LogP contribution >= 0.6 is 11.3 Å². The van der Waals surface area contributed by atoms with Crippen LogP contribution in [0.2, 0.25) is 0 Å². The maximum absolute atomic E-state index is 12.7. The zero-order chi connectivity index (χ0) is 23.0. The molecule has 1 aromatic carbocycles. The first-order chi connectivity index (χ1) is 15.2. The van der Waals surface area contributed by atoms with Crippen LogP contribution in [0.25, 0.3) is 0 Å². The summed E-state index contributed by atoms with van der Waals surface area (Å²) in [5, 5.41) is 16.7. The van der Waals surface area contributed by atoms with E-state index in [-0.39, 0.29) is 11.3 Å². The van der Waals surface area contributed by atoms with Gasteiger partial charge in [-0.25, -0.2) is 18.2 Å². The third-order valence-corrected chi connectivity index (χ3v) is 6.21. The number of pyridine rings is 1. The zero-order valence-electron chi connectivity index (χ0n) is 16.7. The number of carboxylic acid groups (broad SMARTS) is 1. The summed E-state index contributed by atoms with van der Waals surface area (Å²) in [4.78, 5) is 30.5. The van der Waals surface area contributed by atoms with Crippen LogP contribution in [0.5, 0.6) is 0 Å². The van der Waals surface area contributed by atoms with Gasteiger partial charge < -0.3 is 21.1 Å². The summed E-state index contributed by atoms with van der Waals surface area (Å²) in [6, 6.07) is 8.34. The minimum absolute atomic E-state index is 0.0261. The highest BCUT2D eigenvalue weighted by Crippen LogP contribution is 2.47. The number of nitrogens with one attached hydrogen (secondary N) is 2. The fourth-order valence-electron chi connectivity index (χ4n) is 3.68. The van der Waals surface area contributed by atoms with Crippen molar-refractivity contribution in [3.8, 4) is 0 Å². The van der Waals surface area contributed by atoms with Crippen LogP contribution in [0.3, 0.4) is 0 Å². The summed E-state index contributed by atoms with van der Waals surface area (Å²) >= 11 is 1.46. The zero-order valence-corrected chi connectivity index (χ0v) is 18.4. The molecule has 0 radical (unpaired) electrons. The summed E-state index contributed by atoms with van der Waals surface area (Å²) < 4.78 is 25.3. The molecule has 0 saturated carbocycles. The van der Waals surface area contributed by atoms with Crippen LogP contribution in [-0.2, 0) is 14.8 Å². The highest BCUT2D eigenvalue weighted by molar-refractivity contribution is 7.92. The van der Waals surface area contributed by atoms with Gasteiger partial charge in [0.15, 0.2) is 5.82 Å². The SMILES string of the molecule is CS(=O)(=O)Nc1ccc(C(C(N)=O)N2c3c(C(=O)O)ccnc3NC2c2ccsc2)cc1. The molecule has 32 heavy (non-hydrogen) atoms. The highest BCUT2D eigenvalue weighted by atomic mass is 32.2. The lowest BCUT2D eigenvalue weighted by molar-refractivity contribution is -0.119. The van der Waals surface area contributed by atoms with Crippen molar-refractivity contribution in [2.75, 3.05) is 21.2 Å². The van der Waals surface area contributed by atoms with Crippen LogP contribution < -0.4 is 20.7 Å². The van der Waals surface area contributed by atoms with Gasteiger partial charge in [-0.3, -0.25) is 9.52 Å². The topological polar surface area (TPSA) is 155 Å². The van der Waals surface area contributed by atoms with Gasteiger partial charge in [0.2, 0.25) is 15.9 Å². The first kappa shape index (κ1) is 21.6. The molecule has 1 aliphatic rings. The van der Waals surface area contributed by atoms with E-state index in [2.05, 4.69) is 15.0 Å². The molecule has 4 rings (SSSR count). The van der Waals surface area contributed by atoms with Crippen molar-refractivity contribution in [3.05, 3.63) is 70.0 Å². The van der Waals surface area contributed by atoms with Crippen LogP contribution in [-0.4, -0.2) is 36.6 Å². The highest BCUT2D eigenvalue weighted by Gasteiger charge is 2.41. The number of hydrogen-bond donors (Lipinski definition) is 4. The van der Waals surface area contributed by atoms with E-state index in [0.29, 0.717) is 17.1 Å². The van der Waals surface area contributed by atoms with Crippen molar-refractivity contribution >= 4 is 50.4 Å². The number of nitrogens with two attached hydrogens (primary N) is 1. The molecule has 3 heterocycles. The van der Waals surface area contributed by atoms with E-state index in [1.54, 1.807) is 17.0 Å². The minimum atomic E-state index is -3.47. The number of fused-ring (bicyclic) bond motifs is 1. The average molecular weight is 474 g/mol. The fourth-order valence-corrected chi connectivity index (χ4v) is 4.93. The van der Waals surface area contributed by atoms with Crippen molar-refractivity contribution in [3.63, 3.8) is 0 Å². The van der Waals surface area contributed by atoms with Gasteiger partial charge >= 0.3 is 5.97 Å². The van der Waals surface area contributed by atoms with Gasteiger partial charge in [-0.1, -0.05) is 12.1 Å². The Labute approximate surface area is 187 Å². The van der Waals surface area contributed by atoms with E-state index in [1.165, 1.54) is 35.7 Å². The molecule has 2 unspecified atom stereocenters. The van der Waals surface area contributed by atoms with Crippen LogP contribution in [0, 0.1) is 0 Å². The maximum atomic E-state index is 12.7. The standard InChI is InChI=1S/C20H19N5O5S2/c1-32(29,30)24-13-4-2-11(3-5-13)15(17(21)26)25-16-14(20(27)28)6-8-22-18(16)23-19(25)12-7-9-31-10-12/h2-10,15,19,24H,1H3,(H2,21,26)(H,22,23)(H,27,28). The number of carbonyl (C=O) groups is 2. The quantitative estimate of drug-likeness (QED) is 0.408. The monoisotopic (exact) mass is 473 g/mol. The third-order valence-electron chi connectivity index (χ3n) is 4.90. The molecule has 5 N–H and O–H groups in total. The summed E-state index contributed by atoms with van der Waals surface area (Å²) in [6.45, 7) is 0. The van der Waals surface area contributed by atoms with E-state index in [1.807, 2.05) is 16.8 Å². The summed E-state index contributed by atoms with van der Waals surface area (Å²) in [5.74, 6) is -1.55. The van der Waals surface area contributed by atoms with E-state index in [0.717, 1.165) is 11.8 Å². The van der Waals surface area contributed by atoms with Gasteiger partial charge in [0.05, 0.1) is 17.5 Å². The summed E-state index contributed by atoms with van der Waals surface area (Å²) in [5.41, 5.74) is 7.62. The van der Waals surface area contributed by atoms with Gasteiger partial charge in [-0.05, 0) is 40.6 Å². The number of aromatic nitrogens is 1. The summed E-state index contributed by atoms with van der Waals surface area (Å²) in [7, 11) is -3.47. The minimum Gasteiger partial charge on any atom is -0.478 e. The van der Waals surface area contributed by atoms with Crippen LogP contribution in [0.15, 0.2) is 53.4 Å². The lowest BCUT2D eigenvalue weighted by Crippen LogP contribution is -2.40. The number of primary amides is 1. The first-order valence-electron chi connectivity index (χ1n) is 9.32. The van der Waals surface area contributed by atoms with Gasteiger partial charge in [-0.15, -0.1) is 0 Å². The second-order valence-corrected chi connectivity index (χ2v) is 9.70. The number of carboxylic acids is 1.